The molecular formula is C23H26N2O2. The van der Waals surface area contributed by atoms with Gasteiger partial charge in [0, 0.05) is 31.4 Å². The van der Waals surface area contributed by atoms with Gasteiger partial charge in [-0.3, -0.25) is 4.79 Å². The van der Waals surface area contributed by atoms with Gasteiger partial charge in [-0.05, 0) is 35.4 Å². The summed E-state index contributed by atoms with van der Waals surface area (Å²) in [6, 6.07) is 22.3. The summed E-state index contributed by atoms with van der Waals surface area (Å²) < 4.78 is 7.51. The third-order valence-electron chi connectivity index (χ3n) is 4.63. The average molecular weight is 362 g/mol. The van der Waals surface area contributed by atoms with Gasteiger partial charge in [0.2, 0.25) is 5.91 Å². The Hall–Kier alpha value is -3.01. The Morgan fingerprint density at radius 2 is 1.74 bits per heavy atom. The third-order valence-corrected chi connectivity index (χ3v) is 4.63. The number of rotatable bonds is 8. The molecule has 0 radical (unpaired) electrons. The molecule has 0 fully saturated rings. The molecule has 4 nitrogen and oxygen atoms in total. The molecule has 1 heterocycles. The van der Waals surface area contributed by atoms with Crippen molar-refractivity contribution < 1.29 is 9.53 Å². The highest BCUT2D eigenvalue weighted by atomic mass is 16.5. The molecule has 0 aliphatic heterocycles. The van der Waals surface area contributed by atoms with E-state index in [1.165, 1.54) is 5.56 Å². The van der Waals surface area contributed by atoms with E-state index in [1.54, 1.807) is 7.11 Å². The van der Waals surface area contributed by atoms with Gasteiger partial charge in [0.05, 0.1) is 13.7 Å². The van der Waals surface area contributed by atoms with Crippen LogP contribution in [0.15, 0.2) is 72.9 Å². The van der Waals surface area contributed by atoms with Gasteiger partial charge in [-0.2, -0.15) is 0 Å². The smallest absolute Gasteiger partial charge is 0.222 e. The number of nitrogens with zero attached hydrogens (tertiary/aromatic N) is 2. The van der Waals surface area contributed by atoms with Crippen molar-refractivity contribution in [3.63, 3.8) is 0 Å². The molecule has 140 valence electrons. The fraction of sp³-hybridized carbons (Fsp3) is 0.261. The molecule has 0 spiro atoms. The maximum Gasteiger partial charge on any atom is 0.222 e. The predicted molar refractivity (Wildman–Crippen MR) is 108 cm³/mol. The molecule has 27 heavy (non-hydrogen) atoms. The summed E-state index contributed by atoms with van der Waals surface area (Å²) in [5, 5.41) is 0. The summed E-state index contributed by atoms with van der Waals surface area (Å²) in [6.45, 7) is 3.88. The number of benzene rings is 2. The summed E-state index contributed by atoms with van der Waals surface area (Å²) in [4.78, 5) is 14.4. The van der Waals surface area contributed by atoms with Crippen molar-refractivity contribution in [1.82, 2.24) is 9.47 Å². The lowest BCUT2D eigenvalue weighted by molar-refractivity contribution is -0.132. The number of hydrogen-bond acceptors (Lipinski definition) is 2. The highest BCUT2D eigenvalue weighted by Gasteiger charge is 2.15. The number of ether oxygens (including phenoxy) is 1. The normalized spacial score (nSPS) is 10.6. The Labute approximate surface area is 161 Å². The van der Waals surface area contributed by atoms with Gasteiger partial charge < -0.3 is 14.2 Å². The van der Waals surface area contributed by atoms with Crippen LogP contribution in [0, 0.1) is 0 Å². The summed E-state index contributed by atoms with van der Waals surface area (Å²) >= 11 is 0. The lowest BCUT2D eigenvalue weighted by Crippen LogP contribution is -2.30. The monoisotopic (exact) mass is 362 g/mol. The molecule has 3 aromatic rings. The Bertz CT molecular complexity index is 871. The van der Waals surface area contributed by atoms with Gasteiger partial charge in [-0.1, -0.05) is 49.4 Å². The second kappa shape index (κ2) is 9.08. The number of carbonyl (C=O) groups is 1. The SMILES string of the molecule is CCC(=O)N(Cc1ccccc1)Cc1cccn1Cc1cccc(OC)c1. The Morgan fingerprint density at radius 1 is 0.963 bits per heavy atom. The van der Waals surface area contributed by atoms with Crippen molar-refractivity contribution >= 4 is 5.91 Å². The molecule has 0 bridgehead atoms. The maximum absolute atomic E-state index is 12.5. The van der Waals surface area contributed by atoms with Crippen LogP contribution in [-0.2, 0) is 24.4 Å². The minimum Gasteiger partial charge on any atom is -0.497 e. The zero-order valence-corrected chi connectivity index (χ0v) is 16.0. The molecular weight excluding hydrogens is 336 g/mol. The van der Waals surface area contributed by atoms with Crippen molar-refractivity contribution in [2.45, 2.75) is 33.0 Å². The van der Waals surface area contributed by atoms with Crippen molar-refractivity contribution in [1.29, 1.82) is 0 Å². The van der Waals surface area contributed by atoms with E-state index in [2.05, 4.69) is 35.0 Å². The number of methoxy groups -OCH3 is 1. The first kappa shape index (κ1) is 18.8. The van der Waals surface area contributed by atoms with Crippen LogP contribution in [0.1, 0.15) is 30.2 Å². The highest BCUT2D eigenvalue weighted by Crippen LogP contribution is 2.17. The van der Waals surface area contributed by atoms with Crippen LogP contribution < -0.4 is 4.74 Å². The summed E-state index contributed by atoms with van der Waals surface area (Å²) in [5.41, 5.74) is 3.43. The minimum absolute atomic E-state index is 0.160. The molecule has 1 amide bonds. The summed E-state index contributed by atoms with van der Waals surface area (Å²) in [7, 11) is 1.68. The van der Waals surface area contributed by atoms with Crippen LogP contribution in [0.2, 0.25) is 0 Å². The first-order valence-corrected chi connectivity index (χ1v) is 9.28. The van der Waals surface area contributed by atoms with E-state index in [-0.39, 0.29) is 5.91 Å². The first-order valence-electron chi connectivity index (χ1n) is 9.28. The van der Waals surface area contributed by atoms with E-state index in [1.807, 2.05) is 54.3 Å². The van der Waals surface area contributed by atoms with Gasteiger partial charge in [-0.15, -0.1) is 0 Å². The second-order valence-electron chi connectivity index (χ2n) is 6.57. The van der Waals surface area contributed by atoms with E-state index in [0.717, 1.165) is 23.6 Å². The molecule has 0 atom stereocenters. The molecule has 0 saturated carbocycles. The molecule has 4 heteroatoms. The third kappa shape index (κ3) is 5.00. The zero-order valence-electron chi connectivity index (χ0n) is 16.0. The van der Waals surface area contributed by atoms with E-state index >= 15 is 0 Å². The van der Waals surface area contributed by atoms with Crippen LogP contribution in [0.25, 0.3) is 0 Å². The van der Waals surface area contributed by atoms with Crippen molar-refractivity contribution in [3.8, 4) is 5.75 Å². The van der Waals surface area contributed by atoms with Crippen LogP contribution in [-0.4, -0.2) is 22.5 Å². The zero-order chi connectivity index (χ0) is 19.1. The van der Waals surface area contributed by atoms with Crippen LogP contribution >= 0.6 is 0 Å². The molecule has 0 N–H and O–H groups in total. The van der Waals surface area contributed by atoms with Gasteiger partial charge in [0.1, 0.15) is 5.75 Å². The largest absolute Gasteiger partial charge is 0.497 e. The maximum atomic E-state index is 12.5. The van der Waals surface area contributed by atoms with Gasteiger partial charge in [0.15, 0.2) is 0 Å². The second-order valence-corrected chi connectivity index (χ2v) is 6.57. The van der Waals surface area contributed by atoms with Gasteiger partial charge in [-0.25, -0.2) is 0 Å². The van der Waals surface area contributed by atoms with Crippen molar-refractivity contribution in [2.24, 2.45) is 0 Å². The summed E-state index contributed by atoms with van der Waals surface area (Å²) in [5.74, 6) is 1.01. The van der Waals surface area contributed by atoms with Gasteiger partial charge >= 0.3 is 0 Å². The predicted octanol–water partition coefficient (Wildman–Crippen LogP) is 4.48. The molecule has 2 aromatic carbocycles. The standard InChI is InChI=1S/C23H26N2O2/c1-3-23(26)25(16-19-9-5-4-6-10-19)18-21-12-8-14-24(21)17-20-11-7-13-22(15-20)27-2/h4-15H,3,16-18H2,1-2H3. The summed E-state index contributed by atoms with van der Waals surface area (Å²) in [6.07, 6.45) is 2.56. The van der Waals surface area contributed by atoms with Crippen molar-refractivity contribution in [3.05, 3.63) is 89.7 Å². The fourth-order valence-electron chi connectivity index (χ4n) is 3.17. The van der Waals surface area contributed by atoms with Crippen molar-refractivity contribution in [2.75, 3.05) is 7.11 Å². The van der Waals surface area contributed by atoms with E-state index < -0.39 is 0 Å². The molecule has 3 rings (SSSR count). The lowest BCUT2D eigenvalue weighted by Gasteiger charge is -2.23. The van der Waals surface area contributed by atoms with Crippen LogP contribution in [0.3, 0.4) is 0 Å². The molecule has 0 aliphatic rings. The fourth-order valence-corrected chi connectivity index (χ4v) is 3.17. The van der Waals surface area contributed by atoms with Crippen LogP contribution in [0.4, 0.5) is 0 Å². The minimum atomic E-state index is 0.160. The quantitative estimate of drug-likeness (QED) is 0.592. The highest BCUT2D eigenvalue weighted by molar-refractivity contribution is 5.75. The molecule has 0 saturated heterocycles. The number of aromatic nitrogens is 1. The van der Waals surface area contributed by atoms with Gasteiger partial charge in [0.25, 0.3) is 0 Å². The number of amides is 1. The molecule has 0 aliphatic carbocycles. The van der Waals surface area contributed by atoms with E-state index in [9.17, 15) is 4.79 Å². The molecule has 1 aromatic heterocycles. The number of carbonyl (C=O) groups excluding carboxylic acids is 1. The average Bonchev–Trinajstić information content (AvgIpc) is 3.14. The lowest BCUT2D eigenvalue weighted by atomic mass is 10.2. The molecule has 0 unspecified atom stereocenters. The number of hydrogen-bond donors (Lipinski definition) is 0. The Balaban J connectivity index is 1.76. The Morgan fingerprint density at radius 3 is 2.48 bits per heavy atom. The first-order chi connectivity index (χ1) is 13.2. The Kier molecular flexibility index (Phi) is 6.31. The topological polar surface area (TPSA) is 34.5 Å². The van der Waals surface area contributed by atoms with E-state index in [0.29, 0.717) is 19.5 Å². The van der Waals surface area contributed by atoms with E-state index in [4.69, 9.17) is 4.74 Å². The van der Waals surface area contributed by atoms with Crippen LogP contribution in [0.5, 0.6) is 5.75 Å².